The molecule has 12 nitrogen and oxygen atoms in total. The number of esters is 1. The minimum Gasteiger partial charge on any atom is -0.462 e. The van der Waals surface area contributed by atoms with Gasteiger partial charge in [0.25, 0.3) is 0 Å². The van der Waals surface area contributed by atoms with Gasteiger partial charge in [0.2, 0.25) is 0 Å². The number of nitriles is 1. The van der Waals surface area contributed by atoms with Crippen LogP contribution in [0.1, 0.15) is 69.7 Å². The zero-order valence-electron chi connectivity index (χ0n) is 34.0. The Labute approximate surface area is 353 Å². The molecular weight excluding hydrogens is 792 g/mol. The summed E-state index contributed by atoms with van der Waals surface area (Å²) in [6.45, 7) is 8.45. The molecule has 0 bridgehead atoms. The molecule has 1 amide bonds. The molecule has 2 aliphatic heterocycles. The number of hydrogen-bond donors (Lipinski definition) is 0. The molecule has 1 unspecified atom stereocenters. The molecule has 2 aromatic heterocycles. The molecule has 0 saturated carbocycles. The van der Waals surface area contributed by atoms with E-state index in [1.54, 1.807) is 62.1 Å². The molecule has 0 N–H and O–H groups in total. The first-order chi connectivity index (χ1) is 28.9. The average molecular weight is 840 g/mol. The maximum Gasteiger partial charge on any atom is 0.410 e. The monoisotopic (exact) mass is 839 g/mol. The van der Waals surface area contributed by atoms with Crippen molar-refractivity contribution >= 4 is 51.2 Å². The number of benzene rings is 3. The molecule has 3 aromatic carbocycles. The van der Waals surface area contributed by atoms with E-state index in [1.807, 2.05) is 23.1 Å². The quantitative estimate of drug-likeness (QED) is 0.0831. The van der Waals surface area contributed by atoms with Gasteiger partial charge in [-0.15, -0.1) is 0 Å². The lowest BCUT2D eigenvalue weighted by atomic mass is 10.0. The summed E-state index contributed by atoms with van der Waals surface area (Å²) < 4.78 is 49.2. The Morgan fingerprint density at radius 2 is 1.78 bits per heavy atom. The van der Waals surface area contributed by atoms with Gasteiger partial charge in [0, 0.05) is 42.8 Å². The zero-order valence-corrected chi connectivity index (χ0v) is 34.8. The number of aromatic nitrogens is 3. The molecule has 60 heavy (non-hydrogen) atoms. The number of halogens is 3. The van der Waals surface area contributed by atoms with E-state index < -0.39 is 29.4 Å². The van der Waals surface area contributed by atoms with Gasteiger partial charge in [-0.1, -0.05) is 54.1 Å². The van der Waals surface area contributed by atoms with Crippen molar-refractivity contribution in [2.75, 3.05) is 50.8 Å². The van der Waals surface area contributed by atoms with Crippen LogP contribution >= 0.6 is 11.6 Å². The van der Waals surface area contributed by atoms with E-state index in [2.05, 4.69) is 20.9 Å². The highest BCUT2D eigenvalue weighted by atomic mass is 35.5. The molecule has 15 heteroatoms. The fourth-order valence-corrected chi connectivity index (χ4v) is 8.15. The van der Waals surface area contributed by atoms with Crippen molar-refractivity contribution in [3.63, 3.8) is 0 Å². The zero-order chi connectivity index (χ0) is 42.4. The minimum absolute atomic E-state index is 0.0333. The van der Waals surface area contributed by atoms with Gasteiger partial charge in [-0.05, 0) is 89.6 Å². The van der Waals surface area contributed by atoms with Crippen LogP contribution in [0, 0.1) is 23.0 Å². The number of pyridine rings is 1. The summed E-state index contributed by atoms with van der Waals surface area (Å²) in [7, 11) is 0. The normalized spacial score (nSPS) is 17.2. The van der Waals surface area contributed by atoms with E-state index in [0.29, 0.717) is 46.3 Å². The fourth-order valence-electron chi connectivity index (χ4n) is 7.88. The van der Waals surface area contributed by atoms with Crippen molar-refractivity contribution in [3.8, 4) is 23.3 Å². The third-order valence-electron chi connectivity index (χ3n) is 10.8. The maximum atomic E-state index is 17.0. The Morgan fingerprint density at radius 3 is 2.57 bits per heavy atom. The summed E-state index contributed by atoms with van der Waals surface area (Å²) in [6.07, 6.45) is 5.46. The van der Waals surface area contributed by atoms with Crippen LogP contribution in [0.2, 0.25) is 5.02 Å². The molecule has 0 spiro atoms. The van der Waals surface area contributed by atoms with Crippen molar-refractivity contribution in [1.29, 1.82) is 5.26 Å². The first-order valence-electron chi connectivity index (χ1n) is 20.4. The number of hydrogen-bond acceptors (Lipinski definition) is 11. The third kappa shape index (κ3) is 9.69. The molecule has 2 atom stereocenters. The second kappa shape index (κ2) is 18.7. The Kier molecular flexibility index (Phi) is 13.3. The molecule has 0 aliphatic carbocycles. The number of carbonyl (C=O) groups is 2. The first-order valence-corrected chi connectivity index (χ1v) is 20.7. The highest BCUT2D eigenvalue weighted by Gasteiger charge is 2.35. The summed E-state index contributed by atoms with van der Waals surface area (Å²) in [5, 5.41) is 10.9. The Morgan fingerprint density at radius 1 is 0.967 bits per heavy atom. The van der Waals surface area contributed by atoms with Crippen molar-refractivity contribution in [1.82, 2.24) is 24.8 Å². The number of piperazine rings is 1. The molecule has 5 aromatic rings. The van der Waals surface area contributed by atoms with Crippen LogP contribution in [0.15, 0.2) is 66.9 Å². The fraction of sp³-hybridized carbons (Fsp3) is 0.422. The molecule has 0 radical (unpaired) electrons. The lowest BCUT2D eigenvalue weighted by Gasteiger charge is -2.41. The third-order valence-corrected chi connectivity index (χ3v) is 11.2. The molecule has 2 fully saturated rings. The largest absolute Gasteiger partial charge is 0.462 e. The van der Waals surface area contributed by atoms with Gasteiger partial charge in [0.15, 0.2) is 5.82 Å². The number of carbonyl (C=O) groups excluding carboxylic acids is 2. The van der Waals surface area contributed by atoms with E-state index in [1.165, 1.54) is 12.3 Å². The first kappa shape index (κ1) is 42.5. The van der Waals surface area contributed by atoms with Crippen LogP contribution < -0.4 is 9.64 Å². The van der Waals surface area contributed by atoms with E-state index in [4.69, 9.17) is 30.8 Å². The molecular formula is C45H48ClF2N7O5. The van der Waals surface area contributed by atoms with Gasteiger partial charge in [-0.25, -0.2) is 18.4 Å². The van der Waals surface area contributed by atoms with Crippen molar-refractivity contribution in [2.45, 2.75) is 77.0 Å². The maximum absolute atomic E-state index is 17.0. The smallest absolute Gasteiger partial charge is 0.410 e. The number of fused-ring (bicyclic) bond motifs is 2. The molecule has 4 heterocycles. The number of nitrogens with zero attached hydrogens (tertiary/aromatic N) is 7. The second-order valence-corrected chi connectivity index (χ2v) is 16.5. The SMILES string of the molecule is CC(C)(C)OC(=O)N1CCN(c2nc(OCC3CCCN3CCCCCOC(=O)c3ccccc3)nc3c(F)c(-c4cccc5ccc(F)c(Cl)c45)ncc23)C[C@@H]1CC#N. The highest BCUT2D eigenvalue weighted by molar-refractivity contribution is 6.36. The van der Waals surface area contributed by atoms with Crippen LogP contribution in [0.5, 0.6) is 6.01 Å². The number of amides is 1. The van der Waals surface area contributed by atoms with Gasteiger partial charge in [0.05, 0.1) is 41.1 Å². The summed E-state index contributed by atoms with van der Waals surface area (Å²) in [5.41, 5.74) is -0.00206. The summed E-state index contributed by atoms with van der Waals surface area (Å²) in [5.74, 6) is -1.37. The highest BCUT2D eigenvalue weighted by Crippen LogP contribution is 2.39. The molecule has 314 valence electrons. The van der Waals surface area contributed by atoms with Gasteiger partial charge in [-0.3, -0.25) is 9.88 Å². The number of ether oxygens (including phenoxy) is 3. The Bertz CT molecular complexity index is 2390. The Hall–Kier alpha value is -5.65. The van der Waals surface area contributed by atoms with Gasteiger partial charge >= 0.3 is 18.1 Å². The minimum atomic E-state index is -0.758. The van der Waals surface area contributed by atoms with Gasteiger partial charge in [0.1, 0.15) is 35.1 Å². The summed E-state index contributed by atoms with van der Waals surface area (Å²) in [6, 6.07) is 18.6. The number of rotatable bonds is 13. The van der Waals surface area contributed by atoms with Crippen molar-refractivity contribution in [2.24, 2.45) is 0 Å². The van der Waals surface area contributed by atoms with Crippen molar-refractivity contribution in [3.05, 3.63) is 89.1 Å². The molecule has 2 saturated heterocycles. The molecule has 2 aliphatic rings. The lowest BCUT2D eigenvalue weighted by molar-refractivity contribution is 0.0144. The van der Waals surface area contributed by atoms with Gasteiger partial charge in [-0.2, -0.15) is 15.2 Å². The van der Waals surface area contributed by atoms with E-state index >= 15 is 4.39 Å². The van der Waals surface area contributed by atoms with E-state index in [-0.39, 0.29) is 60.4 Å². The second-order valence-electron chi connectivity index (χ2n) is 16.1. The van der Waals surface area contributed by atoms with Crippen LogP contribution in [-0.4, -0.2) is 100 Å². The lowest BCUT2D eigenvalue weighted by Crippen LogP contribution is -2.56. The number of unbranched alkanes of at least 4 members (excludes halogenated alkanes) is 2. The number of likely N-dealkylation sites (tertiary alicyclic amines) is 1. The van der Waals surface area contributed by atoms with E-state index in [9.17, 15) is 19.2 Å². The van der Waals surface area contributed by atoms with Crippen LogP contribution in [-0.2, 0) is 9.47 Å². The molecule has 7 rings (SSSR count). The van der Waals surface area contributed by atoms with Gasteiger partial charge < -0.3 is 24.0 Å². The van der Waals surface area contributed by atoms with Crippen molar-refractivity contribution < 1.29 is 32.6 Å². The topological polar surface area (TPSA) is 134 Å². The summed E-state index contributed by atoms with van der Waals surface area (Å²) >= 11 is 6.45. The average Bonchev–Trinajstić information content (AvgIpc) is 3.69. The predicted octanol–water partition coefficient (Wildman–Crippen LogP) is 8.99. The predicted molar refractivity (Wildman–Crippen MR) is 225 cm³/mol. The number of anilines is 1. The van der Waals surface area contributed by atoms with E-state index in [0.717, 1.165) is 45.2 Å². The summed E-state index contributed by atoms with van der Waals surface area (Å²) in [4.78, 5) is 45.3. The van der Waals surface area contributed by atoms with Crippen LogP contribution in [0.4, 0.5) is 19.4 Å². The van der Waals surface area contributed by atoms with Crippen LogP contribution in [0.3, 0.4) is 0 Å². The standard InChI is InChI=1S/C45H48ClF2N7O5/c1-45(2,3)60-44(57)55-24-23-54(27-31(55)19-20-49)41-34-26-50-39(33-16-10-14-29-17-18-35(47)37(46)36(29)33)38(48)40(34)51-43(52-41)59-28-32-15-11-22-53(32)21-8-5-9-25-58-42(56)30-12-6-4-7-13-30/h4,6-7,10,12-14,16-18,26,31-32H,5,8-9,11,15,19,21-25,27-28H2,1-3H3/t31-,32?/m0/s1. The Balaban J connectivity index is 1.12. The van der Waals surface area contributed by atoms with Crippen LogP contribution in [0.25, 0.3) is 32.9 Å².